The van der Waals surface area contributed by atoms with E-state index in [4.69, 9.17) is 21.3 Å². The van der Waals surface area contributed by atoms with Gasteiger partial charge in [0, 0.05) is 61.8 Å². The zero-order chi connectivity index (χ0) is 33.5. The summed E-state index contributed by atoms with van der Waals surface area (Å²) < 4.78 is 18.8. The molecule has 1 aliphatic heterocycles. The molecule has 5 aromatic rings. The lowest BCUT2D eigenvalue weighted by atomic mass is 10.0. The van der Waals surface area contributed by atoms with E-state index in [0.29, 0.717) is 66.0 Å². The number of aromatic amines is 1. The van der Waals surface area contributed by atoms with Crippen molar-refractivity contribution in [3.63, 3.8) is 0 Å². The van der Waals surface area contributed by atoms with Gasteiger partial charge in [0.2, 0.25) is 11.9 Å². The van der Waals surface area contributed by atoms with Gasteiger partial charge in [-0.3, -0.25) is 9.59 Å². The van der Waals surface area contributed by atoms with Crippen LogP contribution in [0.25, 0.3) is 11.1 Å². The molecule has 3 aromatic carbocycles. The number of hydrogen-bond acceptors (Lipinski definition) is 8. The Morgan fingerprint density at radius 3 is 2.23 bits per heavy atom. The maximum absolute atomic E-state index is 13.6. The number of benzene rings is 3. The van der Waals surface area contributed by atoms with E-state index < -0.39 is 0 Å². The Labute approximate surface area is 287 Å². The first-order chi connectivity index (χ1) is 23.3. The fourth-order valence-electron chi connectivity index (χ4n) is 5.31. The van der Waals surface area contributed by atoms with Crippen molar-refractivity contribution in [1.82, 2.24) is 24.8 Å². The third kappa shape index (κ3) is 8.66. The van der Waals surface area contributed by atoms with E-state index in [9.17, 15) is 14.0 Å². The number of aromatic nitrogens is 4. The molecule has 9 nitrogen and oxygen atoms in total. The van der Waals surface area contributed by atoms with Crippen molar-refractivity contribution in [2.75, 3.05) is 38.3 Å². The third-order valence-electron chi connectivity index (χ3n) is 8.03. The van der Waals surface area contributed by atoms with Gasteiger partial charge in [-0.2, -0.15) is 0 Å². The molecule has 48 heavy (non-hydrogen) atoms. The van der Waals surface area contributed by atoms with Gasteiger partial charge in [-0.25, -0.2) is 19.3 Å². The van der Waals surface area contributed by atoms with Crippen LogP contribution in [0.5, 0.6) is 0 Å². The van der Waals surface area contributed by atoms with Gasteiger partial charge in [0.1, 0.15) is 5.82 Å². The summed E-state index contributed by atoms with van der Waals surface area (Å²) in [5.41, 5.74) is 5.14. The van der Waals surface area contributed by atoms with Gasteiger partial charge in [0.05, 0.1) is 25.3 Å². The van der Waals surface area contributed by atoms with Crippen molar-refractivity contribution in [2.24, 2.45) is 0 Å². The van der Waals surface area contributed by atoms with E-state index in [-0.39, 0.29) is 30.1 Å². The monoisotopic (exact) mass is 684 g/mol. The van der Waals surface area contributed by atoms with Crippen LogP contribution in [-0.2, 0) is 34.7 Å². The number of nitrogens with zero attached hydrogens (tertiary/aromatic N) is 5. The van der Waals surface area contributed by atoms with Crippen LogP contribution in [0.3, 0.4) is 0 Å². The SMILES string of the molecule is CN(Cc1ccc(-c2ccc(Cl)cc2)cc1)C(=O)Cc1nc(SCc2ccc(F)cc2)[nH]c(=O)c1Cc1cnc(N2CCOCC2)nc1. The van der Waals surface area contributed by atoms with Crippen molar-refractivity contribution in [1.29, 1.82) is 0 Å². The second-order valence-electron chi connectivity index (χ2n) is 11.5. The summed E-state index contributed by atoms with van der Waals surface area (Å²) in [4.78, 5) is 47.4. The Bertz CT molecular complexity index is 1900. The molecule has 0 unspecified atom stereocenters. The summed E-state index contributed by atoms with van der Waals surface area (Å²) in [6.45, 7) is 3.07. The highest BCUT2D eigenvalue weighted by molar-refractivity contribution is 7.98. The van der Waals surface area contributed by atoms with Crippen LogP contribution in [0.15, 0.2) is 95.1 Å². The standard InChI is InChI=1S/C36H34ClFN6O3S/c1-43(22-24-2-6-27(7-3-24)28-8-10-29(37)11-9-28)33(45)19-32-31(18-26-20-39-35(40-21-26)44-14-16-47-17-15-44)34(46)42-36(41-32)48-23-25-4-12-30(38)13-5-25/h2-13,20-21H,14-19,22-23H2,1H3,(H,41,42,46). The number of hydrogen-bond donors (Lipinski definition) is 1. The average molecular weight is 685 g/mol. The molecule has 0 atom stereocenters. The zero-order valence-electron chi connectivity index (χ0n) is 26.4. The van der Waals surface area contributed by atoms with Crippen molar-refractivity contribution in [2.45, 2.75) is 30.3 Å². The van der Waals surface area contributed by atoms with Gasteiger partial charge >= 0.3 is 0 Å². The van der Waals surface area contributed by atoms with Gasteiger partial charge in [-0.1, -0.05) is 71.9 Å². The number of ether oxygens (including phenoxy) is 1. The van der Waals surface area contributed by atoms with Crippen molar-refractivity contribution in [3.05, 3.63) is 134 Å². The smallest absolute Gasteiger partial charge is 0.255 e. The number of anilines is 1. The summed E-state index contributed by atoms with van der Waals surface area (Å²) in [6, 6.07) is 21.8. The van der Waals surface area contributed by atoms with Gasteiger partial charge in [-0.05, 0) is 52.1 Å². The van der Waals surface area contributed by atoms with Crippen LogP contribution in [0.4, 0.5) is 10.3 Å². The number of rotatable bonds is 11. The quantitative estimate of drug-likeness (QED) is 0.135. The largest absolute Gasteiger partial charge is 0.378 e. The predicted molar refractivity (Wildman–Crippen MR) is 186 cm³/mol. The first-order valence-corrected chi connectivity index (χ1v) is 16.9. The third-order valence-corrected chi connectivity index (χ3v) is 9.23. The lowest BCUT2D eigenvalue weighted by Crippen LogP contribution is -2.37. The van der Waals surface area contributed by atoms with Crippen LogP contribution in [0, 0.1) is 5.82 Å². The van der Waals surface area contributed by atoms with E-state index in [0.717, 1.165) is 27.8 Å². The average Bonchev–Trinajstić information content (AvgIpc) is 3.11. The fourth-order valence-corrected chi connectivity index (χ4v) is 6.27. The topological polar surface area (TPSA) is 104 Å². The van der Waals surface area contributed by atoms with Crippen molar-refractivity contribution in [3.8, 4) is 11.1 Å². The van der Waals surface area contributed by atoms with Gasteiger partial charge in [0.15, 0.2) is 5.16 Å². The molecule has 1 N–H and O–H groups in total. The number of amides is 1. The molecule has 3 heterocycles. The van der Waals surface area contributed by atoms with Crippen molar-refractivity contribution < 1.29 is 13.9 Å². The molecule has 246 valence electrons. The minimum atomic E-state index is -0.327. The van der Waals surface area contributed by atoms with Crippen molar-refractivity contribution >= 4 is 35.2 Å². The molecule has 1 saturated heterocycles. The fraction of sp³-hybridized carbons (Fsp3) is 0.250. The Morgan fingerprint density at radius 2 is 1.56 bits per heavy atom. The van der Waals surface area contributed by atoms with Crippen LogP contribution in [0.1, 0.15) is 27.9 Å². The van der Waals surface area contributed by atoms with E-state index in [2.05, 4.69) is 19.9 Å². The molecule has 6 rings (SSSR count). The highest BCUT2D eigenvalue weighted by Gasteiger charge is 2.20. The molecule has 2 aromatic heterocycles. The van der Waals surface area contributed by atoms with Gasteiger partial charge in [0.25, 0.3) is 5.56 Å². The second kappa shape index (κ2) is 15.5. The maximum atomic E-state index is 13.6. The Kier molecular flexibility index (Phi) is 10.8. The molecular weight excluding hydrogens is 651 g/mol. The molecule has 1 amide bonds. The lowest BCUT2D eigenvalue weighted by Gasteiger charge is -2.26. The normalized spacial score (nSPS) is 13.0. The number of H-pyrrole nitrogens is 1. The Morgan fingerprint density at radius 1 is 0.938 bits per heavy atom. The zero-order valence-corrected chi connectivity index (χ0v) is 27.9. The van der Waals surface area contributed by atoms with E-state index in [1.165, 1.54) is 23.9 Å². The number of carbonyl (C=O) groups excluding carboxylic acids is 1. The minimum absolute atomic E-state index is 0.0601. The van der Waals surface area contributed by atoms with Crippen LogP contribution >= 0.6 is 23.4 Å². The molecule has 1 aliphatic rings. The molecule has 0 aliphatic carbocycles. The summed E-state index contributed by atoms with van der Waals surface area (Å²) in [5.74, 6) is 0.590. The number of halogens is 2. The number of thioether (sulfide) groups is 1. The predicted octanol–water partition coefficient (Wildman–Crippen LogP) is 5.94. The van der Waals surface area contributed by atoms with E-state index in [1.807, 2.05) is 48.5 Å². The molecule has 0 radical (unpaired) electrons. The lowest BCUT2D eigenvalue weighted by molar-refractivity contribution is -0.129. The van der Waals surface area contributed by atoms with Crippen LogP contribution in [0.2, 0.25) is 5.02 Å². The molecule has 0 bridgehead atoms. The Hall–Kier alpha value is -4.58. The first-order valence-electron chi connectivity index (χ1n) is 15.5. The summed E-state index contributed by atoms with van der Waals surface area (Å²) in [6.07, 6.45) is 3.57. The van der Waals surface area contributed by atoms with Crippen LogP contribution in [-0.4, -0.2) is 64.1 Å². The number of morpholine rings is 1. The number of carbonyl (C=O) groups is 1. The maximum Gasteiger partial charge on any atom is 0.255 e. The number of likely N-dealkylation sites (N-methyl/N-ethyl adjacent to an activating group) is 1. The van der Waals surface area contributed by atoms with E-state index >= 15 is 0 Å². The van der Waals surface area contributed by atoms with Gasteiger partial charge in [-0.15, -0.1) is 0 Å². The van der Waals surface area contributed by atoms with E-state index in [1.54, 1.807) is 36.5 Å². The van der Waals surface area contributed by atoms with Gasteiger partial charge < -0.3 is 19.5 Å². The van der Waals surface area contributed by atoms with Crippen LogP contribution < -0.4 is 10.5 Å². The minimum Gasteiger partial charge on any atom is -0.378 e. The second-order valence-corrected chi connectivity index (χ2v) is 12.9. The summed E-state index contributed by atoms with van der Waals surface area (Å²) >= 11 is 7.35. The molecule has 1 fully saturated rings. The highest BCUT2D eigenvalue weighted by atomic mass is 35.5. The summed E-state index contributed by atoms with van der Waals surface area (Å²) in [7, 11) is 1.74. The molecule has 12 heteroatoms. The molecule has 0 saturated carbocycles. The first kappa shape index (κ1) is 33.3. The molecular formula is C36H34ClFN6O3S. The summed E-state index contributed by atoms with van der Waals surface area (Å²) in [5, 5.41) is 1.07. The highest BCUT2D eigenvalue weighted by Crippen LogP contribution is 2.24. The molecule has 0 spiro atoms. The Balaban J connectivity index is 1.19. The number of nitrogens with one attached hydrogen (secondary N) is 1.